The second kappa shape index (κ2) is 6.58. The van der Waals surface area contributed by atoms with Gasteiger partial charge in [0.05, 0.1) is 4.90 Å². The minimum absolute atomic E-state index is 0.223. The van der Waals surface area contributed by atoms with Crippen molar-refractivity contribution in [3.8, 4) is 0 Å². The zero-order valence-electron chi connectivity index (χ0n) is 12.4. The summed E-state index contributed by atoms with van der Waals surface area (Å²) < 4.78 is 22.7. The highest BCUT2D eigenvalue weighted by Crippen LogP contribution is 2.14. The summed E-state index contributed by atoms with van der Waals surface area (Å²) >= 11 is 0. The van der Waals surface area contributed by atoms with Crippen molar-refractivity contribution in [1.29, 1.82) is 0 Å². The number of rotatable bonds is 4. The van der Waals surface area contributed by atoms with Gasteiger partial charge in [0.1, 0.15) is 0 Å². The van der Waals surface area contributed by atoms with Crippen molar-refractivity contribution in [3.05, 3.63) is 65.7 Å². The van der Waals surface area contributed by atoms with Gasteiger partial charge in [0.2, 0.25) is 5.91 Å². The molecule has 114 valence electrons. The summed E-state index contributed by atoms with van der Waals surface area (Å²) in [6.45, 7) is 1.99. The van der Waals surface area contributed by atoms with Crippen molar-refractivity contribution in [1.82, 2.24) is 0 Å². The third kappa shape index (κ3) is 4.56. The summed E-state index contributed by atoms with van der Waals surface area (Å²) in [6.07, 6.45) is 4.32. The number of hydrogen-bond donors (Lipinski definition) is 1. The van der Waals surface area contributed by atoms with Crippen LogP contribution in [0.4, 0.5) is 5.69 Å². The van der Waals surface area contributed by atoms with Crippen LogP contribution in [0.15, 0.2) is 59.5 Å². The van der Waals surface area contributed by atoms with Crippen LogP contribution in [0.3, 0.4) is 0 Å². The van der Waals surface area contributed by atoms with E-state index >= 15 is 0 Å². The van der Waals surface area contributed by atoms with Gasteiger partial charge < -0.3 is 5.32 Å². The molecule has 0 fully saturated rings. The largest absolute Gasteiger partial charge is 0.323 e. The van der Waals surface area contributed by atoms with Gasteiger partial charge in [-0.1, -0.05) is 29.8 Å². The minimum Gasteiger partial charge on any atom is -0.323 e. The lowest BCUT2D eigenvalue weighted by molar-refractivity contribution is -0.111. The molecule has 4 nitrogen and oxygen atoms in total. The van der Waals surface area contributed by atoms with Crippen LogP contribution in [-0.4, -0.2) is 20.6 Å². The van der Waals surface area contributed by atoms with Crippen molar-refractivity contribution in [3.63, 3.8) is 0 Å². The lowest BCUT2D eigenvalue weighted by atomic mass is 10.1. The van der Waals surface area contributed by atoms with Gasteiger partial charge in [0.25, 0.3) is 0 Å². The molecule has 0 unspecified atom stereocenters. The molecule has 22 heavy (non-hydrogen) atoms. The first-order valence-corrected chi connectivity index (χ1v) is 8.59. The average Bonchev–Trinajstić information content (AvgIpc) is 2.45. The molecule has 1 amide bonds. The van der Waals surface area contributed by atoms with E-state index in [0.717, 1.165) is 17.4 Å². The Bertz CT molecular complexity index is 806. The summed E-state index contributed by atoms with van der Waals surface area (Å²) in [6, 6.07) is 13.9. The van der Waals surface area contributed by atoms with Crippen LogP contribution < -0.4 is 5.32 Å². The quantitative estimate of drug-likeness (QED) is 0.882. The normalized spacial score (nSPS) is 11.5. The Morgan fingerprint density at radius 2 is 1.77 bits per heavy atom. The number of hydrogen-bond acceptors (Lipinski definition) is 3. The SMILES string of the molecule is Cc1cccc(/C=C/C(=O)Nc2ccc(S(C)(=O)=O)cc2)c1. The Morgan fingerprint density at radius 1 is 1.09 bits per heavy atom. The second-order valence-electron chi connectivity index (χ2n) is 5.03. The van der Waals surface area contributed by atoms with E-state index in [1.54, 1.807) is 18.2 Å². The lowest BCUT2D eigenvalue weighted by Gasteiger charge is -2.03. The zero-order valence-corrected chi connectivity index (χ0v) is 13.2. The molecule has 0 heterocycles. The van der Waals surface area contributed by atoms with Gasteiger partial charge >= 0.3 is 0 Å². The zero-order chi connectivity index (χ0) is 16.2. The molecule has 1 N–H and O–H groups in total. The Kier molecular flexibility index (Phi) is 4.78. The number of aryl methyl sites for hydroxylation is 1. The smallest absolute Gasteiger partial charge is 0.248 e. The standard InChI is InChI=1S/C17H17NO3S/c1-13-4-3-5-14(12-13)6-11-17(19)18-15-7-9-16(10-8-15)22(2,20)21/h3-12H,1-2H3,(H,18,19)/b11-6+. The van der Waals surface area contributed by atoms with Gasteiger partial charge in [-0.2, -0.15) is 0 Å². The van der Waals surface area contributed by atoms with E-state index in [1.165, 1.54) is 18.2 Å². The van der Waals surface area contributed by atoms with Gasteiger partial charge in [0, 0.05) is 18.0 Å². The fourth-order valence-electron chi connectivity index (χ4n) is 1.92. The molecule has 0 aromatic heterocycles. The highest BCUT2D eigenvalue weighted by Gasteiger charge is 2.06. The average molecular weight is 315 g/mol. The fraction of sp³-hybridized carbons (Fsp3) is 0.118. The molecule has 0 spiro atoms. The van der Waals surface area contributed by atoms with E-state index in [9.17, 15) is 13.2 Å². The predicted molar refractivity (Wildman–Crippen MR) is 88.4 cm³/mol. The maximum absolute atomic E-state index is 11.8. The van der Waals surface area contributed by atoms with E-state index in [-0.39, 0.29) is 10.8 Å². The molecular formula is C17H17NO3S. The predicted octanol–water partition coefficient (Wildman–Crippen LogP) is 3.05. The molecule has 0 atom stereocenters. The number of amides is 1. The number of carbonyl (C=O) groups excluding carboxylic acids is 1. The first-order chi connectivity index (χ1) is 10.3. The second-order valence-corrected chi connectivity index (χ2v) is 7.05. The maximum atomic E-state index is 11.8. The Balaban J connectivity index is 2.03. The molecule has 2 aromatic carbocycles. The highest BCUT2D eigenvalue weighted by molar-refractivity contribution is 7.90. The summed E-state index contributed by atoms with van der Waals surface area (Å²) in [5.41, 5.74) is 2.62. The van der Waals surface area contributed by atoms with E-state index in [4.69, 9.17) is 0 Å². The van der Waals surface area contributed by atoms with E-state index < -0.39 is 9.84 Å². The Hall–Kier alpha value is -2.40. The summed E-state index contributed by atoms with van der Waals surface area (Å²) in [5, 5.41) is 2.68. The van der Waals surface area contributed by atoms with Crippen LogP contribution in [0, 0.1) is 6.92 Å². The highest BCUT2D eigenvalue weighted by atomic mass is 32.2. The van der Waals surface area contributed by atoms with Gasteiger partial charge in [-0.3, -0.25) is 4.79 Å². The first kappa shape index (κ1) is 16.0. The molecule has 0 aliphatic rings. The van der Waals surface area contributed by atoms with Gasteiger partial charge in [0.15, 0.2) is 9.84 Å². The van der Waals surface area contributed by atoms with Crippen molar-refractivity contribution < 1.29 is 13.2 Å². The van der Waals surface area contributed by atoms with E-state index in [0.29, 0.717) is 5.69 Å². The van der Waals surface area contributed by atoms with Crippen LogP contribution in [0.25, 0.3) is 6.08 Å². The monoisotopic (exact) mass is 315 g/mol. The summed E-state index contributed by atoms with van der Waals surface area (Å²) in [7, 11) is -3.23. The molecular weight excluding hydrogens is 298 g/mol. The van der Waals surface area contributed by atoms with Gasteiger partial charge in [-0.25, -0.2) is 8.42 Å². The van der Waals surface area contributed by atoms with Crippen LogP contribution in [0.2, 0.25) is 0 Å². The molecule has 0 saturated carbocycles. The number of carbonyl (C=O) groups is 1. The topological polar surface area (TPSA) is 63.2 Å². The first-order valence-electron chi connectivity index (χ1n) is 6.70. The van der Waals surface area contributed by atoms with Crippen LogP contribution in [0.1, 0.15) is 11.1 Å². The molecule has 2 aromatic rings. The fourth-order valence-corrected chi connectivity index (χ4v) is 2.55. The van der Waals surface area contributed by atoms with Gasteiger partial charge in [-0.15, -0.1) is 0 Å². The van der Waals surface area contributed by atoms with Crippen molar-refractivity contribution in [2.45, 2.75) is 11.8 Å². The minimum atomic E-state index is -3.23. The summed E-state index contributed by atoms with van der Waals surface area (Å²) in [5.74, 6) is -0.270. The lowest BCUT2D eigenvalue weighted by Crippen LogP contribution is -2.08. The van der Waals surface area contributed by atoms with Crippen LogP contribution >= 0.6 is 0 Å². The molecule has 0 saturated heterocycles. The van der Waals surface area contributed by atoms with Crippen molar-refractivity contribution in [2.24, 2.45) is 0 Å². The van der Waals surface area contributed by atoms with Crippen molar-refractivity contribution in [2.75, 3.05) is 11.6 Å². The molecule has 0 aliphatic carbocycles. The Labute approximate surface area is 130 Å². The number of anilines is 1. The van der Waals surface area contributed by atoms with Crippen LogP contribution in [0.5, 0.6) is 0 Å². The van der Waals surface area contributed by atoms with E-state index in [1.807, 2.05) is 31.2 Å². The number of nitrogens with one attached hydrogen (secondary N) is 1. The Morgan fingerprint density at radius 3 is 2.36 bits per heavy atom. The summed E-state index contributed by atoms with van der Waals surface area (Å²) in [4.78, 5) is 12.1. The third-order valence-electron chi connectivity index (χ3n) is 3.02. The number of benzene rings is 2. The third-order valence-corrected chi connectivity index (χ3v) is 4.15. The maximum Gasteiger partial charge on any atom is 0.248 e. The van der Waals surface area contributed by atoms with Crippen LogP contribution in [-0.2, 0) is 14.6 Å². The molecule has 2 rings (SSSR count). The number of sulfone groups is 1. The molecule has 0 radical (unpaired) electrons. The van der Waals surface area contributed by atoms with Crippen molar-refractivity contribution >= 4 is 27.5 Å². The van der Waals surface area contributed by atoms with Gasteiger partial charge in [-0.05, 0) is 42.8 Å². The molecule has 0 aliphatic heterocycles. The molecule has 0 bridgehead atoms. The van der Waals surface area contributed by atoms with E-state index in [2.05, 4.69) is 5.32 Å². The molecule has 5 heteroatoms.